The van der Waals surface area contributed by atoms with Crippen molar-refractivity contribution in [1.82, 2.24) is 0 Å². The fraction of sp³-hybridized carbons (Fsp3) is 0.538. The zero-order valence-corrected chi connectivity index (χ0v) is 9.22. The first-order valence-corrected chi connectivity index (χ1v) is 5.23. The lowest BCUT2D eigenvalue weighted by molar-refractivity contribution is 0.774. The molecule has 0 saturated carbocycles. The van der Waals surface area contributed by atoms with Crippen LogP contribution in [0, 0.1) is 5.92 Å². The van der Waals surface area contributed by atoms with E-state index < -0.39 is 0 Å². The van der Waals surface area contributed by atoms with Crippen molar-refractivity contribution in [2.24, 2.45) is 5.92 Å². The minimum Gasteiger partial charge on any atom is -0.0775 e. The lowest BCUT2D eigenvalue weighted by Crippen LogP contribution is -1.95. The maximum Gasteiger partial charge on any atom is -0.0157 e. The minimum atomic E-state index is 0.654. The lowest BCUT2D eigenvalue weighted by atomic mass is 9.95. The molecule has 1 aliphatic rings. The van der Waals surface area contributed by atoms with Crippen LogP contribution in [0.5, 0.6) is 0 Å². The Bertz CT molecular complexity index is 262. The summed E-state index contributed by atoms with van der Waals surface area (Å²) in [6, 6.07) is 0. The van der Waals surface area contributed by atoms with Crippen molar-refractivity contribution in [2.75, 3.05) is 0 Å². The Morgan fingerprint density at radius 3 is 2.54 bits per heavy atom. The van der Waals surface area contributed by atoms with Gasteiger partial charge in [0, 0.05) is 0 Å². The van der Waals surface area contributed by atoms with Crippen molar-refractivity contribution in [3.63, 3.8) is 0 Å². The average molecular weight is 176 g/mol. The third kappa shape index (κ3) is 2.58. The van der Waals surface area contributed by atoms with Crippen LogP contribution in [0.2, 0.25) is 0 Å². The Hall–Kier alpha value is -0.780. The number of allylic oxidation sites excluding steroid dienone is 6. The highest BCUT2D eigenvalue weighted by molar-refractivity contribution is 5.39. The van der Waals surface area contributed by atoms with Crippen LogP contribution in [-0.2, 0) is 0 Å². The van der Waals surface area contributed by atoms with E-state index in [9.17, 15) is 0 Å². The fourth-order valence-electron chi connectivity index (χ4n) is 1.86. The van der Waals surface area contributed by atoms with E-state index >= 15 is 0 Å². The molecule has 0 heteroatoms. The Kier molecular flexibility index (Phi) is 3.53. The second-order valence-electron chi connectivity index (χ2n) is 4.01. The monoisotopic (exact) mass is 176 g/mol. The van der Waals surface area contributed by atoms with Crippen LogP contribution in [-0.4, -0.2) is 0 Å². The summed E-state index contributed by atoms with van der Waals surface area (Å²) in [6.45, 7) is 8.97. The van der Waals surface area contributed by atoms with Crippen LogP contribution in [0.3, 0.4) is 0 Å². The Morgan fingerprint density at radius 2 is 2.00 bits per heavy atom. The Morgan fingerprint density at radius 1 is 1.31 bits per heavy atom. The Labute approximate surface area is 82.0 Å². The van der Waals surface area contributed by atoms with E-state index in [4.69, 9.17) is 0 Å². The van der Waals surface area contributed by atoms with E-state index in [1.165, 1.54) is 16.7 Å². The summed E-state index contributed by atoms with van der Waals surface area (Å²) in [4.78, 5) is 0. The van der Waals surface area contributed by atoms with Crippen molar-refractivity contribution in [3.05, 3.63) is 34.9 Å². The standard InChI is InChI=1S/C13H20/c1-5-12-7-6-8-13(10(2)3)11(4)9-12/h7-10H,5-6H2,1-4H3. The van der Waals surface area contributed by atoms with Gasteiger partial charge in [-0.2, -0.15) is 0 Å². The van der Waals surface area contributed by atoms with Gasteiger partial charge in [0.05, 0.1) is 0 Å². The largest absolute Gasteiger partial charge is 0.0775 e. The Balaban J connectivity index is 2.90. The van der Waals surface area contributed by atoms with Gasteiger partial charge in [0.15, 0.2) is 0 Å². The van der Waals surface area contributed by atoms with E-state index in [0.29, 0.717) is 5.92 Å². The van der Waals surface area contributed by atoms with Gasteiger partial charge in [0.2, 0.25) is 0 Å². The molecule has 1 rings (SSSR count). The molecule has 0 spiro atoms. The summed E-state index contributed by atoms with van der Waals surface area (Å²) in [5.74, 6) is 0.654. The van der Waals surface area contributed by atoms with Crippen LogP contribution < -0.4 is 0 Å². The third-order valence-corrected chi connectivity index (χ3v) is 2.61. The highest BCUT2D eigenvalue weighted by Crippen LogP contribution is 2.24. The molecule has 0 saturated heterocycles. The molecule has 13 heavy (non-hydrogen) atoms. The molecule has 0 unspecified atom stereocenters. The summed E-state index contributed by atoms with van der Waals surface area (Å²) in [6.07, 6.45) is 9.28. The summed E-state index contributed by atoms with van der Waals surface area (Å²) in [7, 11) is 0. The van der Waals surface area contributed by atoms with Crippen molar-refractivity contribution >= 4 is 0 Å². The first-order chi connectivity index (χ1) is 6.15. The number of hydrogen-bond acceptors (Lipinski definition) is 0. The average Bonchev–Trinajstić information content (AvgIpc) is 2.26. The zero-order valence-electron chi connectivity index (χ0n) is 9.22. The maximum atomic E-state index is 2.36. The van der Waals surface area contributed by atoms with Gasteiger partial charge >= 0.3 is 0 Å². The molecule has 0 bridgehead atoms. The van der Waals surface area contributed by atoms with Gasteiger partial charge < -0.3 is 0 Å². The molecular formula is C13H20. The van der Waals surface area contributed by atoms with Gasteiger partial charge in [0.25, 0.3) is 0 Å². The normalized spacial score (nSPS) is 17.8. The second kappa shape index (κ2) is 4.45. The maximum absolute atomic E-state index is 2.36. The van der Waals surface area contributed by atoms with Crippen LogP contribution in [0.4, 0.5) is 0 Å². The molecule has 1 aliphatic carbocycles. The summed E-state index contributed by atoms with van der Waals surface area (Å²) in [5, 5.41) is 0. The van der Waals surface area contributed by atoms with Crippen LogP contribution >= 0.6 is 0 Å². The second-order valence-corrected chi connectivity index (χ2v) is 4.01. The van der Waals surface area contributed by atoms with Crippen LogP contribution in [0.15, 0.2) is 34.9 Å². The fourth-order valence-corrected chi connectivity index (χ4v) is 1.86. The van der Waals surface area contributed by atoms with Gasteiger partial charge in [-0.1, -0.05) is 44.6 Å². The predicted molar refractivity (Wildman–Crippen MR) is 59.7 cm³/mol. The molecule has 0 fully saturated rings. The minimum absolute atomic E-state index is 0.654. The van der Waals surface area contributed by atoms with Gasteiger partial charge in [-0.25, -0.2) is 0 Å². The lowest BCUT2D eigenvalue weighted by Gasteiger charge is -2.10. The van der Waals surface area contributed by atoms with Gasteiger partial charge in [-0.05, 0) is 36.8 Å². The quantitative estimate of drug-likeness (QED) is 0.590. The number of hydrogen-bond donors (Lipinski definition) is 0. The molecule has 0 heterocycles. The van der Waals surface area contributed by atoms with Gasteiger partial charge in [-0.15, -0.1) is 0 Å². The molecule has 0 atom stereocenters. The highest BCUT2D eigenvalue weighted by atomic mass is 14.1. The molecule has 0 aromatic carbocycles. The van der Waals surface area contributed by atoms with Crippen molar-refractivity contribution in [3.8, 4) is 0 Å². The molecule has 0 aliphatic heterocycles. The predicted octanol–water partition coefficient (Wildman–Crippen LogP) is 4.26. The van der Waals surface area contributed by atoms with E-state index in [-0.39, 0.29) is 0 Å². The smallest absolute Gasteiger partial charge is 0.0157 e. The van der Waals surface area contributed by atoms with Crippen molar-refractivity contribution < 1.29 is 0 Å². The topological polar surface area (TPSA) is 0 Å². The van der Waals surface area contributed by atoms with E-state index in [2.05, 4.69) is 45.9 Å². The molecule has 0 amide bonds. The zero-order chi connectivity index (χ0) is 9.84. The van der Waals surface area contributed by atoms with Crippen LogP contribution in [0.25, 0.3) is 0 Å². The van der Waals surface area contributed by atoms with E-state index in [0.717, 1.165) is 12.8 Å². The molecule has 0 nitrogen and oxygen atoms in total. The first kappa shape index (κ1) is 10.3. The summed E-state index contributed by atoms with van der Waals surface area (Å²) < 4.78 is 0. The van der Waals surface area contributed by atoms with Gasteiger partial charge in [-0.3, -0.25) is 0 Å². The molecule has 0 aromatic heterocycles. The molecule has 0 N–H and O–H groups in total. The van der Waals surface area contributed by atoms with Gasteiger partial charge in [0.1, 0.15) is 0 Å². The molecular weight excluding hydrogens is 156 g/mol. The van der Waals surface area contributed by atoms with Crippen LogP contribution in [0.1, 0.15) is 40.5 Å². The van der Waals surface area contributed by atoms with Crippen molar-refractivity contribution in [2.45, 2.75) is 40.5 Å². The summed E-state index contributed by atoms with van der Waals surface area (Å²) >= 11 is 0. The third-order valence-electron chi connectivity index (χ3n) is 2.61. The first-order valence-electron chi connectivity index (χ1n) is 5.23. The molecule has 0 aromatic rings. The molecule has 0 radical (unpaired) electrons. The van der Waals surface area contributed by atoms with E-state index in [1.54, 1.807) is 0 Å². The molecule has 72 valence electrons. The summed E-state index contributed by atoms with van der Waals surface area (Å²) in [5.41, 5.74) is 4.43. The highest BCUT2D eigenvalue weighted by Gasteiger charge is 2.07. The van der Waals surface area contributed by atoms with Crippen molar-refractivity contribution in [1.29, 1.82) is 0 Å². The van der Waals surface area contributed by atoms with E-state index in [1.807, 2.05) is 0 Å². The SMILES string of the molecule is CCC1=CCC=C(C(C)C)C(C)=C1. The number of rotatable bonds is 2.